The molecule has 0 radical (unpaired) electrons. The number of hydroxylamine groups is 2. The Balaban J connectivity index is 3.01. The van der Waals surface area contributed by atoms with Crippen LogP contribution in [0, 0.1) is 0 Å². The Labute approximate surface area is 156 Å². The number of aliphatic hydroxyl groups is 1. The minimum atomic E-state index is -2.13. The summed E-state index contributed by atoms with van der Waals surface area (Å²) >= 11 is 0. The van der Waals surface area contributed by atoms with Crippen molar-refractivity contribution in [1.29, 1.82) is 0 Å². The van der Waals surface area contributed by atoms with Crippen LogP contribution in [0.25, 0.3) is 0 Å². The Morgan fingerprint density at radius 1 is 1.04 bits per heavy atom. The Bertz CT molecular complexity index is 480. The molecule has 1 aliphatic heterocycles. The zero-order chi connectivity index (χ0) is 19.8. The molecule has 1 heterocycles. The number of aliphatic hydroxyl groups excluding tert-OH is 1. The summed E-state index contributed by atoms with van der Waals surface area (Å²) in [6.07, 6.45) is 0.667. The van der Waals surface area contributed by atoms with Crippen LogP contribution in [0.15, 0.2) is 0 Å². The van der Waals surface area contributed by atoms with Gasteiger partial charge in [-0.25, -0.2) is 5.06 Å². The quantitative estimate of drug-likeness (QED) is 0.688. The molecule has 0 aromatic carbocycles. The minimum Gasteiger partial charge on any atom is -0.405 e. The second-order valence-corrected chi connectivity index (χ2v) is 19.7. The molecule has 2 unspecified atom stereocenters. The third-order valence-corrected chi connectivity index (χ3v) is 14.9. The number of carbonyl (C=O) groups is 1. The molecular weight excluding hydrogens is 350 g/mol. The summed E-state index contributed by atoms with van der Waals surface area (Å²) < 4.78 is 12.7. The van der Waals surface area contributed by atoms with Gasteiger partial charge in [0.2, 0.25) is 8.32 Å². The van der Waals surface area contributed by atoms with Crippen molar-refractivity contribution in [2.75, 3.05) is 6.61 Å². The van der Waals surface area contributed by atoms with E-state index < -0.39 is 22.7 Å². The maximum Gasteiger partial charge on any atom is 0.273 e. The normalized spacial score (nSPS) is 23.5. The Kier molecular flexibility index (Phi) is 6.78. The van der Waals surface area contributed by atoms with Crippen molar-refractivity contribution in [2.45, 2.75) is 103 Å². The summed E-state index contributed by atoms with van der Waals surface area (Å²) in [7, 11) is -4.17. The van der Waals surface area contributed by atoms with Gasteiger partial charge in [0, 0.05) is 13.0 Å². The van der Waals surface area contributed by atoms with Crippen molar-refractivity contribution >= 4 is 22.5 Å². The summed E-state index contributed by atoms with van der Waals surface area (Å²) in [5, 5.41) is 11.0. The number of amides is 1. The van der Waals surface area contributed by atoms with E-state index in [2.05, 4.69) is 67.7 Å². The SMILES string of the molecule is CC(C)(C)[Si](C)(C)OC1CC(CCO)N(O[Si](C)(C)C(C)(C)C)C1=O. The maximum atomic E-state index is 13.0. The van der Waals surface area contributed by atoms with E-state index in [1.54, 1.807) is 5.06 Å². The number of carbonyl (C=O) groups excluding carboxylic acids is 1. The molecule has 1 amide bonds. The lowest BCUT2D eigenvalue weighted by molar-refractivity contribution is -0.164. The van der Waals surface area contributed by atoms with E-state index in [0.717, 1.165) is 0 Å². The molecule has 1 rings (SSSR count). The monoisotopic (exact) mass is 389 g/mol. The lowest BCUT2D eigenvalue weighted by Crippen LogP contribution is -2.51. The number of nitrogens with zero attached hydrogens (tertiary/aromatic N) is 1. The van der Waals surface area contributed by atoms with Crippen molar-refractivity contribution in [2.24, 2.45) is 0 Å². The lowest BCUT2D eigenvalue weighted by Gasteiger charge is -2.40. The second-order valence-electron chi connectivity index (χ2n) is 10.3. The van der Waals surface area contributed by atoms with Crippen LogP contribution in [0.4, 0.5) is 0 Å². The molecule has 0 saturated carbocycles. The number of hydrogen-bond donors (Lipinski definition) is 1. The van der Waals surface area contributed by atoms with Crippen LogP contribution in [0.2, 0.25) is 36.3 Å². The molecular formula is C18H39NO4Si2. The van der Waals surface area contributed by atoms with Crippen LogP contribution in [0.5, 0.6) is 0 Å². The molecule has 148 valence electrons. The third kappa shape index (κ3) is 5.16. The van der Waals surface area contributed by atoms with Crippen LogP contribution >= 0.6 is 0 Å². The molecule has 25 heavy (non-hydrogen) atoms. The fourth-order valence-electron chi connectivity index (χ4n) is 2.28. The highest BCUT2D eigenvalue weighted by atomic mass is 28.4. The molecule has 1 aliphatic rings. The molecule has 0 aromatic rings. The highest BCUT2D eigenvalue weighted by Crippen LogP contribution is 2.42. The average Bonchev–Trinajstić information content (AvgIpc) is 2.64. The largest absolute Gasteiger partial charge is 0.405 e. The van der Waals surface area contributed by atoms with E-state index in [9.17, 15) is 9.90 Å². The summed E-state index contributed by atoms with van der Waals surface area (Å²) in [6, 6.07) is -0.110. The number of hydrogen-bond acceptors (Lipinski definition) is 4. The average molecular weight is 390 g/mol. The van der Waals surface area contributed by atoms with E-state index >= 15 is 0 Å². The fourth-order valence-corrected chi connectivity index (χ4v) is 4.55. The Morgan fingerprint density at radius 2 is 1.52 bits per heavy atom. The molecule has 2 atom stereocenters. The summed E-state index contributed by atoms with van der Waals surface area (Å²) in [4.78, 5) is 13.0. The van der Waals surface area contributed by atoms with Crippen molar-refractivity contribution in [3.8, 4) is 0 Å². The minimum absolute atomic E-state index is 0.00934. The maximum absolute atomic E-state index is 13.0. The van der Waals surface area contributed by atoms with Crippen LogP contribution in [-0.2, 0) is 13.7 Å². The molecule has 0 aliphatic carbocycles. The van der Waals surface area contributed by atoms with Gasteiger partial charge in [0.1, 0.15) is 6.10 Å². The van der Waals surface area contributed by atoms with Gasteiger partial charge in [0.25, 0.3) is 5.91 Å². The van der Waals surface area contributed by atoms with Gasteiger partial charge in [-0.05, 0) is 42.7 Å². The van der Waals surface area contributed by atoms with Crippen molar-refractivity contribution in [3.05, 3.63) is 0 Å². The zero-order valence-electron chi connectivity index (χ0n) is 17.9. The van der Waals surface area contributed by atoms with Crippen LogP contribution in [0.1, 0.15) is 54.4 Å². The van der Waals surface area contributed by atoms with Crippen LogP contribution in [-0.4, -0.2) is 51.5 Å². The van der Waals surface area contributed by atoms with Crippen LogP contribution in [0.3, 0.4) is 0 Å². The summed E-state index contributed by atoms with van der Waals surface area (Å²) in [5.41, 5.74) is 0. The predicted octanol–water partition coefficient (Wildman–Crippen LogP) is 4.30. The van der Waals surface area contributed by atoms with Crippen LogP contribution < -0.4 is 0 Å². The summed E-state index contributed by atoms with van der Waals surface area (Å²) in [6.45, 7) is 21.6. The number of rotatable bonds is 6. The van der Waals surface area contributed by atoms with E-state index in [1.165, 1.54) is 0 Å². The van der Waals surface area contributed by atoms with E-state index in [-0.39, 0.29) is 28.6 Å². The summed E-state index contributed by atoms with van der Waals surface area (Å²) in [5.74, 6) is -0.0758. The molecule has 0 bridgehead atoms. The first-order valence-electron chi connectivity index (χ1n) is 9.34. The Hall–Kier alpha value is -0.216. The predicted molar refractivity (Wildman–Crippen MR) is 107 cm³/mol. The van der Waals surface area contributed by atoms with Gasteiger partial charge >= 0.3 is 0 Å². The molecule has 1 fully saturated rings. The van der Waals surface area contributed by atoms with E-state index in [0.29, 0.717) is 12.8 Å². The van der Waals surface area contributed by atoms with E-state index in [1.807, 2.05) is 0 Å². The van der Waals surface area contributed by atoms with Gasteiger partial charge in [-0.1, -0.05) is 41.5 Å². The second kappa shape index (κ2) is 7.42. The zero-order valence-corrected chi connectivity index (χ0v) is 19.9. The van der Waals surface area contributed by atoms with E-state index in [4.69, 9.17) is 8.95 Å². The first kappa shape index (κ1) is 22.8. The molecule has 7 heteroatoms. The van der Waals surface area contributed by atoms with Gasteiger partial charge in [-0.2, -0.15) is 0 Å². The smallest absolute Gasteiger partial charge is 0.273 e. The molecule has 0 aromatic heterocycles. The van der Waals surface area contributed by atoms with Gasteiger partial charge in [-0.15, -0.1) is 0 Å². The van der Waals surface area contributed by atoms with Gasteiger partial charge < -0.3 is 14.1 Å². The van der Waals surface area contributed by atoms with Gasteiger partial charge in [-0.3, -0.25) is 4.79 Å². The van der Waals surface area contributed by atoms with Crippen molar-refractivity contribution in [3.63, 3.8) is 0 Å². The molecule has 1 N–H and O–H groups in total. The first-order valence-corrected chi connectivity index (χ1v) is 15.2. The first-order chi connectivity index (χ1) is 11.0. The molecule has 5 nitrogen and oxygen atoms in total. The fraction of sp³-hybridized carbons (Fsp3) is 0.944. The highest BCUT2D eigenvalue weighted by molar-refractivity contribution is 6.74. The van der Waals surface area contributed by atoms with Crippen molar-refractivity contribution < 1.29 is 18.9 Å². The molecule has 1 saturated heterocycles. The third-order valence-electron chi connectivity index (χ3n) is 6.15. The van der Waals surface area contributed by atoms with Crippen molar-refractivity contribution in [1.82, 2.24) is 5.06 Å². The molecule has 0 spiro atoms. The topological polar surface area (TPSA) is 59.0 Å². The Morgan fingerprint density at radius 3 is 1.92 bits per heavy atom. The van der Waals surface area contributed by atoms with Gasteiger partial charge in [0.15, 0.2) is 8.32 Å². The highest BCUT2D eigenvalue weighted by Gasteiger charge is 2.50. The standard InChI is InChI=1S/C18H39NO4Si2/c1-17(2,3)24(7,8)22-15-13-14(11-12-20)19(16(15)21)23-25(9,10)18(4,5)6/h14-15,20H,11-13H2,1-10H3. The van der Waals surface area contributed by atoms with Gasteiger partial charge in [0.05, 0.1) is 6.04 Å². The lowest BCUT2D eigenvalue weighted by atomic mass is 10.1.